The smallest absolute Gasteiger partial charge is 0.153 e. The first kappa shape index (κ1) is 18.0. The minimum absolute atomic E-state index is 0.0683. The molecule has 1 fully saturated rings. The molecule has 1 heterocycles. The molecule has 1 aromatic carbocycles. The highest BCUT2D eigenvalue weighted by molar-refractivity contribution is 5.79. The normalized spacial score (nSPS) is 25.4. The fourth-order valence-corrected chi connectivity index (χ4v) is 3.71. The van der Waals surface area contributed by atoms with E-state index in [0.717, 1.165) is 25.1 Å². The van der Waals surface area contributed by atoms with Crippen LogP contribution in [0.1, 0.15) is 68.8 Å². The first-order valence-electron chi connectivity index (χ1n) is 9.02. The van der Waals surface area contributed by atoms with Crippen molar-refractivity contribution in [2.45, 2.75) is 58.3 Å². The third kappa shape index (κ3) is 4.14. The molecule has 1 N–H and O–H groups in total. The van der Waals surface area contributed by atoms with E-state index >= 15 is 0 Å². The number of hydrogen-bond donors (Lipinski definition) is 1. The molecule has 0 radical (unpaired) electrons. The molecule has 0 spiro atoms. The summed E-state index contributed by atoms with van der Waals surface area (Å²) in [5.41, 5.74) is 1.59. The van der Waals surface area contributed by atoms with Gasteiger partial charge in [0.2, 0.25) is 0 Å². The Bertz CT molecular complexity index is 528. The van der Waals surface area contributed by atoms with E-state index in [-0.39, 0.29) is 11.2 Å². The standard InChI is InChI=1S/C20H31NO2/c1-4-5-6-7-11-21-12-10-20(3,16(2)14-21)18-9-8-17(15-22)19(23)13-18/h8-9,13,15-16,23H,4-7,10-12,14H2,1-3H3/t16-,20-/m0/s1. The monoisotopic (exact) mass is 317 g/mol. The highest BCUT2D eigenvalue weighted by Crippen LogP contribution is 2.40. The number of unbranched alkanes of at least 4 members (excludes halogenated alkanes) is 3. The summed E-state index contributed by atoms with van der Waals surface area (Å²) in [6.45, 7) is 10.3. The van der Waals surface area contributed by atoms with Crippen LogP contribution in [0.3, 0.4) is 0 Å². The summed E-state index contributed by atoms with van der Waals surface area (Å²) in [6.07, 6.45) is 7.07. The molecule has 3 heteroatoms. The fourth-order valence-electron chi connectivity index (χ4n) is 3.71. The largest absolute Gasteiger partial charge is 0.507 e. The van der Waals surface area contributed by atoms with Gasteiger partial charge in [0.05, 0.1) is 5.56 Å². The van der Waals surface area contributed by atoms with Crippen molar-refractivity contribution in [3.8, 4) is 5.75 Å². The van der Waals surface area contributed by atoms with Gasteiger partial charge in [0.1, 0.15) is 5.75 Å². The van der Waals surface area contributed by atoms with E-state index < -0.39 is 0 Å². The predicted molar refractivity (Wildman–Crippen MR) is 95.2 cm³/mol. The Morgan fingerprint density at radius 1 is 1.35 bits per heavy atom. The van der Waals surface area contributed by atoms with E-state index in [1.54, 1.807) is 12.1 Å². The van der Waals surface area contributed by atoms with Crippen molar-refractivity contribution < 1.29 is 9.90 Å². The van der Waals surface area contributed by atoms with Gasteiger partial charge in [0, 0.05) is 6.54 Å². The maximum Gasteiger partial charge on any atom is 0.153 e. The van der Waals surface area contributed by atoms with Crippen LogP contribution in [0.15, 0.2) is 18.2 Å². The van der Waals surface area contributed by atoms with Gasteiger partial charge < -0.3 is 10.0 Å². The van der Waals surface area contributed by atoms with Gasteiger partial charge in [-0.15, -0.1) is 0 Å². The number of phenols is 1. The number of rotatable bonds is 7. The highest BCUT2D eigenvalue weighted by Gasteiger charge is 2.38. The van der Waals surface area contributed by atoms with E-state index in [9.17, 15) is 9.90 Å². The van der Waals surface area contributed by atoms with E-state index in [1.807, 2.05) is 6.07 Å². The molecule has 128 valence electrons. The van der Waals surface area contributed by atoms with Crippen molar-refractivity contribution in [3.05, 3.63) is 29.3 Å². The summed E-state index contributed by atoms with van der Waals surface area (Å²) in [4.78, 5) is 13.5. The van der Waals surface area contributed by atoms with Crippen LogP contribution in [0.5, 0.6) is 5.75 Å². The quantitative estimate of drug-likeness (QED) is 0.599. The van der Waals surface area contributed by atoms with Crippen LogP contribution in [-0.2, 0) is 5.41 Å². The molecule has 0 saturated carbocycles. The third-order valence-electron chi connectivity index (χ3n) is 5.71. The van der Waals surface area contributed by atoms with E-state index in [0.29, 0.717) is 17.8 Å². The van der Waals surface area contributed by atoms with Crippen LogP contribution >= 0.6 is 0 Å². The second-order valence-electron chi connectivity index (χ2n) is 7.32. The lowest BCUT2D eigenvalue weighted by atomic mass is 9.68. The lowest BCUT2D eigenvalue weighted by Gasteiger charge is -2.45. The number of benzene rings is 1. The summed E-state index contributed by atoms with van der Waals surface area (Å²) in [5.74, 6) is 0.636. The van der Waals surface area contributed by atoms with Gasteiger partial charge >= 0.3 is 0 Å². The lowest BCUT2D eigenvalue weighted by molar-refractivity contribution is 0.109. The molecular weight excluding hydrogens is 286 g/mol. The molecule has 2 rings (SSSR count). The molecule has 0 amide bonds. The molecule has 0 aromatic heterocycles. The maximum absolute atomic E-state index is 10.9. The number of phenolic OH excluding ortho intramolecular Hbond substituents is 1. The SMILES string of the molecule is CCCCCCN1CC[C@](C)(c2ccc(C=O)c(O)c2)[C@@H](C)C1. The van der Waals surface area contributed by atoms with Gasteiger partial charge in [-0.05, 0) is 55.0 Å². The number of aromatic hydroxyl groups is 1. The average molecular weight is 317 g/mol. The summed E-state index contributed by atoms with van der Waals surface area (Å²) in [7, 11) is 0. The van der Waals surface area contributed by atoms with Crippen molar-refractivity contribution in [3.63, 3.8) is 0 Å². The second-order valence-corrected chi connectivity index (χ2v) is 7.32. The topological polar surface area (TPSA) is 40.5 Å². The van der Waals surface area contributed by atoms with Crippen molar-refractivity contribution >= 4 is 6.29 Å². The fraction of sp³-hybridized carbons (Fsp3) is 0.650. The Kier molecular flexibility index (Phi) is 6.23. The number of carbonyl (C=O) groups excluding carboxylic acids is 1. The second kappa shape index (κ2) is 7.96. The number of nitrogens with zero attached hydrogens (tertiary/aromatic N) is 1. The molecule has 1 aromatic rings. The molecule has 0 aliphatic carbocycles. The molecule has 23 heavy (non-hydrogen) atoms. The van der Waals surface area contributed by atoms with Gasteiger partial charge in [-0.25, -0.2) is 0 Å². The summed E-state index contributed by atoms with van der Waals surface area (Å²) in [6, 6.07) is 5.54. The molecular formula is C20H31NO2. The highest BCUT2D eigenvalue weighted by atomic mass is 16.3. The third-order valence-corrected chi connectivity index (χ3v) is 5.71. The van der Waals surface area contributed by atoms with Crippen LogP contribution in [0.4, 0.5) is 0 Å². The summed E-state index contributed by atoms with van der Waals surface area (Å²) >= 11 is 0. The van der Waals surface area contributed by atoms with E-state index in [2.05, 4.69) is 25.7 Å². The number of carbonyl (C=O) groups is 1. The van der Waals surface area contributed by atoms with Crippen LogP contribution in [0.2, 0.25) is 0 Å². The van der Waals surface area contributed by atoms with Gasteiger partial charge in [0.25, 0.3) is 0 Å². The Morgan fingerprint density at radius 2 is 2.13 bits per heavy atom. The molecule has 3 nitrogen and oxygen atoms in total. The maximum atomic E-state index is 10.9. The Morgan fingerprint density at radius 3 is 2.74 bits per heavy atom. The Hall–Kier alpha value is -1.35. The molecule has 0 unspecified atom stereocenters. The van der Waals surface area contributed by atoms with Crippen molar-refractivity contribution in [2.75, 3.05) is 19.6 Å². The van der Waals surface area contributed by atoms with E-state index in [4.69, 9.17) is 0 Å². The van der Waals surface area contributed by atoms with Crippen molar-refractivity contribution in [2.24, 2.45) is 5.92 Å². The zero-order valence-corrected chi connectivity index (χ0v) is 14.8. The predicted octanol–water partition coefficient (Wildman–Crippen LogP) is 4.38. The molecule has 2 atom stereocenters. The Labute approximate surface area is 140 Å². The average Bonchev–Trinajstić information content (AvgIpc) is 2.55. The Balaban J connectivity index is 2.01. The van der Waals surface area contributed by atoms with Crippen molar-refractivity contribution in [1.82, 2.24) is 4.90 Å². The van der Waals surface area contributed by atoms with Gasteiger partial charge in [-0.2, -0.15) is 0 Å². The van der Waals surface area contributed by atoms with E-state index in [1.165, 1.54) is 32.2 Å². The molecule has 1 aliphatic heterocycles. The first-order valence-corrected chi connectivity index (χ1v) is 9.02. The first-order chi connectivity index (χ1) is 11.0. The molecule has 1 aliphatic rings. The van der Waals surface area contributed by atoms with Crippen LogP contribution < -0.4 is 0 Å². The number of hydrogen-bond acceptors (Lipinski definition) is 3. The zero-order chi connectivity index (χ0) is 16.9. The number of aldehydes is 1. The zero-order valence-electron chi connectivity index (χ0n) is 14.8. The lowest BCUT2D eigenvalue weighted by Crippen LogP contribution is -2.47. The summed E-state index contributed by atoms with van der Waals surface area (Å²) < 4.78 is 0. The van der Waals surface area contributed by atoms with Crippen LogP contribution in [0.25, 0.3) is 0 Å². The van der Waals surface area contributed by atoms with Crippen molar-refractivity contribution in [1.29, 1.82) is 0 Å². The molecule has 0 bridgehead atoms. The van der Waals surface area contributed by atoms with Gasteiger partial charge in [-0.3, -0.25) is 4.79 Å². The minimum Gasteiger partial charge on any atom is -0.507 e. The number of piperidine rings is 1. The number of likely N-dealkylation sites (tertiary alicyclic amines) is 1. The minimum atomic E-state index is 0.0683. The molecule has 1 saturated heterocycles. The van der Waals surface area contributed by atoms with Crippen LogP contribution in [0, 0.1) is 5.92 Å². The summed E-state index contributed by atoms with van der Waals surface area (Å²) in [5, 5.41) is 10.00. The van der Waals surface area contributed by atoms with Crippen LogP contribution in [-0.4, -0.2) is 35.9 Å². The van der Waals surface area contributed by atoms with Gasteiger partial charge in [0.15, 0.2) is 6.29 Å². The van der Waals surface area contributed by atoms with Gasteiger partial charge in [-0.1, -0.05) is 46.1 Å².